The molecule has 5 heteroatoms. The Labute approximate surface area is 134 Å². The molecule has 3 rings (SSSR count). The molecule has 0 spiro atoms. The van der Waals surface area contributed by atoms with Crippen molar-refractivity contribution < 1.29 is 19.1 Å². The lowest BCUT2D eigenvalue weighted by molar-refractivity contribution is -0.159. The molecule has 2 aliphatic rings. The van der Waals surface area contributed by atoms with Crippen LogP contribution in [-0.4, -0.2) is 26.2 Å². The van der Waals surface area contributed by atoms with Crippen molar-refractivity contribution in [2.45, 2.75) is 31.6 Å². The van der Waals surface area contributed by atoms with Crippen molar-refractivity contribution in [2.24, 2.45) is 11.8 Å². The number of rotatable bonds is 4. The molecular weight excluding hydrogens is 300 g/mol. The summed E-state index contributed by atoms with van der Waals surface area (Å²) in [6.07, 6.45) is 6.03. The summed E-state index contributed by atoms with van der Waals surface area (Å²) in [7, 11) is 2.62. The Morgan fingerprint density at radius 2 is 1.95 bits per heavy atom. The van der Waals surface area contributed by atoms with E-state index in [1.807, 2.05) is 0 Å². The predicted octanol–water partition coefficient (Wildman–Crippen LogP) is 3.17. The van der Waals surface area contributed by atoms with Crippen LogP contribution in [0.15, 0.2) is 18.2 Å². The van der Waals surface area contributed by atoms with Gasteiger partial charge in [0.15, 0.2) is 5.92 Å². The zero-order valence-electron chi connectivity index (χ0n) is 13.0. The van der Waals surface area contributed by atoms with Gasteiger partial charge in [0.2, 0.25) is 0 Å². The Morgan fingerprint density at radius 1 is 1.27 bits per heavy atom. The molecule has 0 fully saturated rings. The monoisotopic (exact) mass is 320 g/mol. The van der Waals surface area contributed by atoms with Gasteiger partial charge in [-0.3, -0.25) is 9.59 Å². The van der Waals surface area contributed by atoms with Crippen molar-refractivity contribution >= 4 is 23.3 Å². The number of aryl methyl sites for hydroxylation is 1. The summed E-state index contributed by atoms with van der Waals surface area (Å²) in [6.45, 7) is 2.11. The molecule has 0 N–H and O–H groups in total. The first-order valence-corrected chi connectivity index (χ1v) is 8.31. The van der Waals surface area contributed by atoms with Gasteiger partial charge in [0.25, 0.3) is 0 Å². The summed E-state index contributed by atoms with van der Waals surface area (Å²) < 4.78 is 9.59. The molecule has 0 aliphatic heterocycles. The fraction of sp³-hybridized carbons (Fsp3) is 0.529. The predicted molar refractivity (Wildman–Crippen MR) is 83.9 cm³/mol. The Hall–Kier alpha value is -1.62. The lowest BCUT2D eigenvalue weighted by Gasteiger charge is -2.30. The Bertz CT molecular complexity index is 615. The van der Waals surface area contributed by atoms with Crippen LogP contribution in [0.2, 0.25) is 0 Å². The van der Waals surface area contributed by atoms with Crippen LogP contribution in [0, 0.1) is 18.8 Å². The maximum atomic E-state index is 12.0. The van der Waals surface area contributed by atoms with E-state index >= 15 is 0 Å². The van der Waals surface area contributed by atoms with Crippen molar-refractivity contribution in [1.82, 2.24) is 0 Å². The molecule has 2 aliphatic carbocycles. The molecule has 0 saturated heterocycles. The first-order chi connectivity index (χ1) is 10.5. The summed E-state index contributed by atoms with van der Waals surface area (Å²) in [5.41, 5.74) is 1.37. The molecule has 3 atom stereocenters. The average molecular weight is 320 g/mol. The molecule has 0 unspecified atom stereocenters. The van der Waals surface area contributed by atoms with Gasteiger partial charge < -0.3 is 9.47 Å². The van der Waals surface area contributed by atoms with Gasteiger partial charge >= 0.3 is 11.9 Å². The molecule has 4 nitrogen and oxygen atoms in total. The zero-order chi connectivity index (χ0) is 15.9. The van der Waals surface area contributed by atoms with E-state index < -0.39 is 17.9 Å². The van der Waals surface area contributed by atoms with E-state index in [9.17, 15) is 9.59 Å². The van der Waals surface area contributed by atoms with Gasteiger partial charge in [-0.25, -0.2) is 0 Å². The van der Waals surface area contributed by atoms with E-state index in [0.29, 0.717) is 18.3 Å². The molecule has 0 amide bonds. The maximum absolute atomic E-state index is 12.0. The van der Waals surface area contributed by atoms with Crippen LogP contribution >= 0.6 is 11.3 Å². The summed E-state index contributed by atoms with van der Waals surface area (Å²) in [6, 6.07) is 2.24. The largest absolute Gasteiger partial charge is 0.468 e. The van der Waals surface area contributed by atoms with Crippen LogP contribution in [0.5, 0.6) is 0 Å². The van der Waals surface area contributed by atoms with Crippen molar-refractivity contribution in [3.63, 3.8) is 0 Å². The van der Waals surface area contributed by atoms with Gasteiger partial charge in [-0.2, -0.15) is 0 Å². The molecule has 118 valence electrons. The van der Waals surface area contributed by atoms with Gasteiger partial charge in [-0.1, -0.05) is 12.2 Å². The third kappa shape index (κ3) is 2.47. The molecule has 1 heterocycles. The van der Waals surface area contributed by atoms with Crippen LogP contribution in [0.4, 0.5) is 0 Å². The number of esters is 2. The standard InChI is InChI=1S/C17H20O4S/c1-9-6-12-10-4-5-11(7-10)13(15(12)22-9)8-14(16(18)20-2)17(19)21-3/h4-6,10-11,13-14H,7-8H2,1-3H3/t10-,11+,13+/m1/s1. The lowest BCUT2D eigenvalue weighted by atomic mass is 9.75. The van der Waals surface area contributed by atoms with E-state index in [4.69, 9.17) is 9.47 Å². The number of hydrogen-bond donors (Lipinski definition) is 0. The van der Waals surface area contributed by atoms with Gasteiger partial charge in [-0.05, 0) is 37.3 Å². The number of carbonyl (C=O) groups excluding carboxylic acids is 2. The number of ether oxygens (including phenoxy) is 2. The SMILES string of the molecule is COC(=O)C(C[C@@H]1c2sc(C)cc2[C@@H]2C=C[C@H]1C2)C(=O)OC. The van der Waals surface area contributed by atoms with Gasteiger partial charge in [0.1, 0.15) is 0 Å². The van der Waals surface area contributed by atoms with Crippen molar-refractivity contribution in [1.29, 1.82) is 0 Å². The highest BCUT2D eigenvalue weighted by Gasteiger charge is 2.42. The number of thiophene rings is 1. The highest BCUT2D eigenvalue weighted by atomic mass is 32.1. The van der Waals surface area contributed by atoms with Gasteiger partial charge in [0, 0.05) is 21.6 Å². The lowest BCUT2D eigenvalue weighted by Crippen LogP contribution is -2.30. The molecule has 22 heavy (non-hydrogen) atoms. The maximum Gasteiger partial charge on any atom is 0.320 e. The second-order valence-electron chi connectivity index (χ2n) is 6.01. The minimum atomic E-state index is -0.846. The number of allylic oxidation sites excluding steroid dienone is 2. The number of carbonyl (C=O) groups is 2. The highest BCUT2D eigenvalue weighted by Crippen LogP contribution is 2.53. The Morgan fingerprint density at radius 3 is 2.59 bits per heavy atom. The third-order valence-electron chi connectivity index (χ3n) is 4.75. The number of methoxy groups -OCH3 is 2. The number of fused-ring (bicyclic) bond motifs is 4. The van der Waals surface area contributed by atoms with E-state index in [1.165, 1.54) is 29.5 Å². The minimum absolute atomic E-state index is 0.187. The molecule has 2 bridgehead atoms. The fourth-order valence-corrected chi connectivity index (χ4v) is 4.97. The quantitative estimate of drug-likeness (QED) is 0.486. The first kappa shape index (κ1) is 15.3. The number of hydrogen-bond acceptors (Lipinski definition) is 5. The van der Waals surface area contributed by atoms with E-state index in [1.54, 1.807) is 11.3 Å². The summed E-state index contributed by atoms with van der Waals surface area (Å²) in [5.74, 6) is -0.785. The zero-order valence-corrected chi connectivity index (χ0v) is 13.8. The van der Waals surface area contributed by atoms with Crippen LogP contribution in [0.3, 0.4) is 0 Å². The highest BCUT2D eigenvalue weighted by molar-refractivity contribution is 7.12. The smallest absolute Gasteiger partial charge is 0.320 e. The second kappa shape index (κ2) is 5.88. The van der Waals surface area contributed by atoms with Gasteiger partial charge in [-0.15, -0.1) is 11.3 Å². The molecule has 1 aromatic heterocycles. The normalized spacial score (nSPS) is 25.2. The molecule has 1 aromatic rings. The van der Waals surface area contributed by atoms with E-state index in [0.717, 1.165) is 6.42 Å². The van der Waals surface area contributed by atoms with E-state index in [2.05, 4.69) is 25.1 Å². The average Bonchev–Trinajstić information content (AvgIpc) is 3.11. The van der Waals surface area contributed by atoms with Crippen molar-refractivity contribution in [3.8, 4) is 0 Å². The summed E-state index contributed by atoms with van der Waals surface area (Å²) >= 11 is 1.78. The van der Waals surface area contributed by atoms with Crippen LogP contribution in [-0.2, 0) is 19.1 Å². The van der Waals surface area contributed by atoms with E-state index in [-0.39, 0.29) is 5.92 Å². The minimum Gasteiger partial charge on any atom is -0.468 e. The second-order valence-corrected chi connectivity index (χ2v) is 7.30. The van der Waals surface area contributed by atoms with Crippen LogP contribution in [0.25, 0.3) is 0 Å². The van der Waals surface area contributed by atoms with Crippen molar-refractivity contribution in [2.75, 3.05) is 14.2 Å². The summed E-state index contributed by atoms with van der Waals surface area (Å²) in [5, 5.41) is 0. The first-order valence-electron chi connectivity index (χ1n) is 7.49. The Balaban J connectivity index is 1.92. The third-order valence-corrected chi connectivity index (χ3v) is 5.94. The molecule has 0 aromatic carbocycles. The Kier molecular flexibility index (Phi) is 4.08. The summed E-state index contributed by atoms with van der Waals surface area (Å²) in [4.78, 5) is 26.5. The van der Waals surface area contributed by atoms with Gasteiger partial charge in [0.05, 0.1) is 14.2 Å². The molecule has 0 radical (unpaired) electrons. The molecular formula is C17H20O4S. The van der Waals surface area contributed by atoms with Crippen LogP contribution in [0.1, 0.15) is 40.0 Å². The molecule has 0 saturated carbocycles. The van der Waals surface area contributed by atoms with Crippen molar-refractivity contribution in [3.05, 3.63) is 33.5 Å². The topological polar surface area (TPSA) is 52.6 Å². The van der Waals surface area contributed by atoms with Crippen LogP contribution < -0.4 is 0 Å². The fourth-order valence-electron chi connectivity index (χ4n) is 3.69.